The molecule has 2 aromatic rings. The Morgan fingerprint density at radius 1 is 1.44 bits per heavy atom. The van der Waals surface area contributed by atoms with E-state index < -0.39 is 0 Å². The minimum absolute atomic E-state index is 0.243. The summed E-state index contributed by atoms with van der Waals surface area (Å²) in [6.45, 7) is 5.67. The van der Waals surface area contributed by atoms with E-state index in [9.17, 15) is 4.79 Å². The van der Waals surface area contributed by atoms with Gasteiger partial charge in [0.2, 0.25) is 5.91 Å². The maximum atomic E-state index is 12.7. The molecule has 6 heteroatoms. The molecule has 6 nitrogen and oxygen atoms in total. The van der Waals surface area contributed by atoms with Crippen LogP contribution >= 0.6 is 0 Å². The first kappa shape index (κ1) is 17.5. The van der Waals surface area contributed by atoms with Gasteiger partial charge in [-0.1, -0.05) is 0 Å². The standard InChI is InChI=1S/C19H27N5O/c1-13-17(14(2)23-22-13)6-7-19(25)24-10-4-5-16(12-24)15-8-9-21-18(11-15)20-3/h8-9,11,16H,4-7,10,12H2,1-3H3,(H,20,21)(H,22,23). The average Bonchev–Trinajstić information content (AvgIpc) is 2.97. The zero-order valence-corrected chi connectivity index (χ0v) is 15.3. The molecule has 1 aliphatic rings. The number of likely N-dealkylation sites (tertiary alicyclic amines) is 1. The molecule has 3 rings (SSSR count). The summed E-state index contributed by atoms with van der Waals surface area (Å²) in [5.41, 5.74) is 4.50. The number of H-pyrrole nitrogens is 1. The maximum Gasteiger partial charge on any atom is 0.222 e. The molecule has 3 heterocycles. The molecule has 1 saturated heterocycles. The van der Waals surface area contributed by atoms with Crippen LogP contribution in [0.15, 0.2) is 18.3 Å². The highest BCUT2D eigenvalue weighted by Crippen LogP contribution is 2.28. The highest BCUT2D eigenvalue weighted by Gasteiger charge is 2.25. The summed E-state index contributed by atoms with van der Waals surface area (Å²) >= 11 is 0. The zero-order chi connectivity index (χ0) is 17.8. The molecule has 1 unspecified atom stereocenters. The lowest BCUT2D eigenvalue weighted by molar-refractivity contribution is -0.132. The van der Waals surface area contributed by atoms with Crippen molar-refractivity contribution in [3.05, 3.63) is 40.8 Å². The lowest BCUT2D eigenvalue weighted by Gasteiger charge is -2.33. The number of aromatic nitrogens is 3. The van der Waals surface area contributed by atoms with Crippen LogP contribution in [-0.2, 0) is 11.2 Å². The van der Waals surface area contributed by atoms with Gasteiger partial charge in [-0.15, -0.1) is 0 Å². The number of pyridine rings is 1. The van der Waals surface area contributed by atoms with Crippen LogP contribution < -0.4 is 5.32 Å². The first-order valence-corrected chi connectivity index (χ1v) is 9.00. The first-order valence-electron chi connectivity index (χ1n) is 9.00. The molecule has 1 aliphatic heterocycles. The van der Waals surface area contributed by atoms with E-state index in [4.69, 9.17) is 0 Å². The smallest absolute Gasteiger partial charge is 0.222 e. The van der Waals surface area contributed by atoms with Gasteiger partial charge >= 0.3 is 0 Å². The average molecular weight is 341 g/mol. The van der Waals surface area contributed by atoms with E-state index in [-0.39, 0.29) is 5.91 Å². The van der Waals surface area contributed by atoms with Crippen molar-refractivity contribution < 1.29 is 4.79 Å². The normalized spacial score (nSPS) is 17.6. The summed E-state index contributed by atoms with van der Waals surface area (Å²) in [7, 11) is 1.88. The third kappa shape index (κ3) is 4.00. The monoisotopic (exact) mass is 341 g/mol. The largest absolute Gasteiger partial charge is 0.373 e. The molecule has 0 saturated carbocycles. The van der Waals surface area contributed by atoms with Gasteiger partial charge in [0.15, 0.2) is 0 Å². The Labute approximate surface area is 149 Å². The minimum Gasteiger partial charge on any atom is -0.373 e. The van der Waals surface area contributed by atoms with Gasteiger partial charge < -0.3 is 10.2 Å². The van der Waals surface area contributed by atoms with Gasteiger partial charge in [-0.3, -0.25) is 9.89 Å². The number of aromatic amines is 1. The lowest BCUT2D eigenvalue weighted by Crippen LogP contribution is -2.39. The molecular weight excluding hydrogens is 314 g/mol. The second kappa shape index (κ2) is 7.68. The summed E-state index contributed by atoms with van der Waals surface area (Å²) in [6, 6.07) is 4.16. The number of rotatable bonds is 5. The van der Waals surface area contributed by atoms with E-state index in [2.05, 4.69) is 32.6 Å². The Morgan fingerprint density at radius 3 is 3.00 bits per heavy atom. The molecule has 0 spiro atoms. The lowest BCUT2D eigenvalue weighted by atomic mass is 9.91. The van der Waals surface area contributed by atoms with Crippen LogP contribution in [0.1, 0.15) is 47.7 Å². The summed E-state index contributed by atoms with van der Waals surface area (Å²) in [5, 5.41) is 10.3. The molecule has 2 aromatic heterocycles. The van der Waals surface area contributed by atoms with E-state index >= 15 is 0 Å². The number of hydrogen-bond donors (Lipinski definition) is 2. The number of nitrogens with zero attached hydrogens (tertiary/aromatic N) is 3. The first-order chi connectivity index (χ1) is 12.1. The minimum atomic E-state index is 0.243. The van der Waals surface area contributed by atoms with Gasteiger partial charge in [-0.25, -0.2) is 4.98 Å². The van der Waals surface area contributed by atoms with E-state index in [1.165, 1.54) is 11.1 Å². The van der Waals surface area contributed by atoms with Crippen LogP contribution in [0, 0.1) is 13.8 Å². The highest BCUT2D eigenvalue weighted by molar-refractivity contribution is 5.76. The molecule has 134 valence electrons. The quantitative estimate of drug-likeness (QED) is 0.877. The fourth-order valence-corrected chi connectivity index (χ4v) is 3.65. The van der Waals surface area contributed by atoms with Crippen LogP contribution in [0.5, 0.6) is 0 Å². The predicted molar refractivity (Wildman–Crippen MR) is 98.7 cm³/mol. The predicted octanol–water partition coefficient (Wildman–Crippen LogP) is 2.80. The summed E-state index contributed by atoms with van der Waals surface area (Å²) in [5.74, 6) is 1.52. The van der Waals surface area contributed by atoms with E-state index in [1.54, 1.807) is 0 Å². The van der Waals surface area contributed by atoms with Crippen LogP contribution in [-0.4, -0.2) is 46.1 Å². The maximum absolute atomic E-state index is 12.7. The van der Waals surface area contributed by atoms with Crippen molar-refractivity contribution in [3.63, 3.8) is 0 Å². The second-order valence-electron chi connectivity index (χ2n) is 6.82. The van der Waals surface area contributed by atoms with Crippen LogP contribution in [0.3, 0.4) is 0 Å². The summed E-state index contributed by atoms with van der Waals surface area (Å²) < 4.78 is 0. The van der Waals surface area contributed by atoms with Crippen LogP contribution in [0.2, 0.25) is 0 Å². The van der Waals surface area contributed by atoms with Gasteiger partial charge in [-0.05, 0) is 56.4 Å². The summed E-state index contributed by atoms with van der Waals surface area (Å²) in [6.07, 6.45) is 5.32. The van der Waals surface area contributed by atoms with Crippen molar-refractivity contribution in [3.8, 4) is 0 Å². The van der Waals surface area contributed by atoms with Crippen molar-refractivity contribution >= 4 is 11.7 Å². The van der Waals surface area contributed by atoms with Crippen molar-refractivity contribution in [1.82, 2.24) is 20.1 Å². The van der Waals surface area contributed by atoms with Gasteiger partial charge in [0.1, 0.15) is 5.82 Å². The van der Waals surface area contributed by atoms with Gasteiger partial charge in [-0.2, -0.15) is 5.10 Å². The number of aryl methyl sites for hydroxylation is 2. The molecule has 2 N–H and O–H groups in total. The van der Waals surface area contributed by atoms with Crippen molar-refractivity contribution in [1.29, 1.82) is 0 Å². The Hall–Kier alpha value is -2.37. The Bertz CT molecular complexity index is 720. The number of hydrogen-bond acceptors (Lipinski definition) is 4. The van der Waals surface area contributed by atoms with Gasteiger partial charge in [0.25, 0.3) is 0 Å². The number of carbonyl (C=O) groups is 1. The molecule has 1 amide bonds. The Morgan fingerprint density at radius 2 is 2.28 bits per heavy atom. The Balaban J connectivity index is 1.61. The molecule has 0 aromatic carbocycles. The fraction of sp³-hybridized carbons (Fsp3) is 0.526. The van der Waals surface area contributed by atoms with Crippen LogP contribution in [0.25, 0.3) is 0 Å². The van der Waals surface area contributed by atoms with Crippen molar-refractivity contribution in [2.45, 2.75) is 45.4 Å². The van der Waals surface area contributed by atoms with E-state index in [0.717, 1.165) is 49.6 Å². The molecule has 0 bridgehead atoms. The highest BCUT2D eigenvalue weighted by atomic mass is 16.2. The third-order valence-corrected chi connectivity index (χ3v) is 5.16. The number of carbonyl (C=O) groups excluding carboxylic acids is 1. The molecule has 0 aliphatic carbocycles. The Kier molecular flexibility index (Phi) is 5.36. The van der Waals surface area contributed by atoms with Crippen LogP contribution in [0.4, 0.5) is 5.82 Å². The molecule has 1 atom stereocenters. The number of amides is 1. The van der Waals surface area contributed by atoms with Crippen molar-refractivity contribution in [2.75, 3.05) is 25.5 Å². The number of nitrogens with one attached hydrogen (secondary N) is 2. The van der Waals surface area contributed by atoms with Crippen molar-refractivity contribution in [2.24, 2.45) is 0 Å². The van der Waals surface area contributed by atoms with Gasteiger partial charge in [0, 0.05) is 44.4 Å². The topological polar surface area (TPSA) is 73.9 Å². The fourth-order valence-electron chi connectivity index (χ4n) is 3.65. The third-order valence-electron chi connectivity index (χ3n) is 5.16. The molecule has 25 heavy (non-hydrogen) atoms. The van der Waals surface area contributed by atoms with Gasteiger partial charge in [0.05, 0.1) is 5.69 Å². The molecule has 1 fully saturated rings. The zero-order valence-electron chi connectivity index (χ0n) is 15.3. The second-order valence-corrected chi connectivity index (χ2v) is 6.82. The molecular formula is C19H27N5O. The molecule has 0 radical (unpaired) electrons. The SMILES string of the molecule is CNc1cc(C2CCCN(C(=O)CCc3c(C)n[nH]c3C)C2)ccn1. The van der Waals surface area contributed by atoms with E-state index in [0.29, 0.717) is 12.3 Å². The number of piperidine rings is 1. The summed E-state index contributed by atoms with van der Waals surface area (Å²) in [4.78, 5) is 19.0. The number of anilines is 1. The van der Waals surface area contributed by atoms with E-state index in [1.807, 2.05) is 32.0 Å².